The van der Waals surface area contributed by atoms with Gasteiger partial charge in [-0.3, -0.25) is 0 Å². The Morgan fingerprint density at radius 2 is 1.82 bits per heavy atom. The zero-order valence-electron chi connectivity index (χ0n) is 11.8. The monoisotopic (exact) mass is 233 g/mol. The van der Waals surface area contributed by atoms with E-state index in [1.165, 1.54) is 29.5 Å². The minimum atomic E-state index is 0.682. The van der Waals surface area contributed by atoms with E-state index in [0.717, 1.165) is 13.0 Å². The first-order valence-electron chi connectivity index (χ1n) is 6.83. The molecule has 1 rings (SSSR count). The van der Waals surface area contributed by atoms with E-state index >= 15 is 0 Å². The number of hydrogen-bond acceptors (Lipinski definition) is 1. The molecular formula is C16H27N. The van der Waals surface area contributed by atoms with Gasteiger partial charge in [-0.2, -0.15) is 0 Å². The molecule has 1 nitrogen and oxygen atoms in total. The fourth-order valence-corrected chi connectivity index (χ4v) is 2.52. The molecule has 0 aliphatic rings. The van der Waals surface area contributed by atoms with Crippen LogP contribution in [0.5, 0.6) is 0 Å². The third kappa shape index (κ3) is 4.16. The molecule has 0 heterocycles. The van der Waals surface area contributed by atoms with Crippen molar-refractivity contribution in [3.8, 4) is 0 Å². The standard InChI is InChI=1S/C16H27N/c1-12(2)15(7-5-6-10-17)16-11-13(3)8-9-14(16)4/h8-9,11-12,15H,5-7,10,17H2,1-4H3. The van der Waals surface area contributed by atoms with E-state index in [1.807, 2.05) is 0 Å². The number of nitrogens with two attached hydrogens (primary N) is 1. The van der Waals surface area contributed by atoms with Crippen LogP contribution in [0.1, 0.15) is 55.7 Å². The summed E-state index contributed by atoms with van der Waals surface area (Å²) < 4.78 is 0. The largest absolute Gasteiger partial charge is 0.330 e. The van der Waals surface area contributed by atoms with Crippen LogP contribution >= 0.6 is 0 Å². The quantitative estimate of drug-likeness (QED) is 0.733. The normalized spacial score (nSPS) is 13.1. The highest BCUT2D eigenvalue weighted by Gasteiger charge is 2.17. The van der Waals surface area contributed by atoms with Crippen LogP contribution in [0.15, 0.2) is 18.2 Å². The first-order valence-corrected chi connectivity index (χ1v) is 6.83. The molecule has 0 aliphatic carbocycles. The third-order valence-electron chi connectivity index (χ3n) is 3.61. The van der Waals surface area contributed by atoms with Gasteiger partial charge in [-0.05, 0) is 56.2 Å². The van der Waals surface area contributed by atoms with Gasteiger partial charge in [-0.1, -0.05) is 44.0 Å². The Bertz CT molecular complexity index is 341. The molecule has 1 unspecified atom stereocenters. The van der Waals surface area contributed by atoms with Crippen molar-refractivity contribution in [1.82, 2.24) is 0 Å². The van der Waals surface area contributed by atoms with E-state index < -0.39 is 0 Å². The minimum absolute atomic E-state index is 0.682. The van der Waals surface area contributed by atoms with Crippen molar-refractivity contribution in [3.05, 3.63) is 34.9 Å². The Morgan fingerprint density at radius 1 is 1.12 bits per heavy atom. The summed E-state index contributed by atoms with van der Waals surface area (Å²) in [5, 5.41) is 0. The molecule has 2 N–H and O–H groups in total. The molecule has 0 spiro atoms. The molecule has 0 saturated carbocycles. The molecule has 0 aliphatic heterocycles. The Labute approximate surface area is 106 Å². The number of benzene rings is 1. The van der Waals surface area contributed by atoms with Crippen LogP contribution in [0.3, 0.4) is 0 Å². The topological polar surface area (TPSA) is 26.0 Å². The molecule has 1 atom stereocenters. The molecule has 96 valence electrons. The molecule has 0 amide bonds. The van der Waals surface area contributed by atoms with E-state index in [4.69, 9.17) is 5.73 Å². The van der Waals surface area contributed by atoms with E-state index in [2.05, 4.69) is 45.9 Å². The predicted molar refractivity (Wildman–Crippen MR) is 76.4 cm³/mol. The van der Waals surface area contributed by atoms with E-state index in [1.54, 1.807) is 0 Å². The highest BCUT2D eigenvalue weighted by atomic mass is 14.5. The van der Waals surface area contributed by atoms with Gasteiger partial charge in [0.25, 0.3) is 0 Å². The van der Waals surface area contributed by atoms with Gasteiger partial charge in [0.15, 0.2) is 0 Å². The van der Waals surface area contributed by atoms with Crippen molar-refractivity contribution < 1.29 is 0 Å². The Balaban J connectivity index is 2.85. The highest BCUT2D eigenvalue weighted by Crippen LogP contribution is 2.32. The first-order chi connectivity index (χ1) is 8.06. The zero-order chi connectivity index (χ0) is 12.8. The van der Waals surface area contributed by atoms with Crippen molar-refractivity contribution in [2.75, 3.05) is 6.54 Å². The van der Waals surface area contributed by atoms with Crippen molar-refractivity contribution >= 4 is 0 Å². The van der Waals surface area contributed by atoms with Crippen LogP contribution in [0.25, 0.3) is 0 Å². The number of aryl methyl sites for hydroxylation is 2. The lowest BCUT2D eigenvalue weighted by Crippen LogP contribution is -2.10. The van der Waals surface area contributed by atoms with Gasteiger partial charge >= 0.3 is 0 Å². The van der Waals surface area contributed by atoms with E-state index in [9.17, 15) is 0 Å². The molecular weight excluding hydrogens is 206 g/mol. The van der Waals surface area contributed by atoms with Crippen LogP contribution in [0.2, 0.25) is 0 Å². The maximum atomic E-state index is 5.58. The fraction of sp³-hybridized carbons (Fsp3) is 0.625. The molecule has 1 heteroatoms. The molecule has 0 aromatic heterocycles. The van der Waals surface area contributed by atoms with Crippen LogP contribution in [0, 0.1) is 19.8 Å². The third-order valence-corrected chi connectivity index (χ3v) is 3.61. The Hall–Kier alpha value is -0.820. The summed E-state index contributed by atoms with van der Waals surface area (Å²) in [6.07, 6.45) is 3.65. The summed E-state index contributed by atoms with van der Waals surface area (Å²) in [6, 6.07) is 6.82. The average Bonchev–Trinajstić information content (AvgIpc) is 2.28. The first kappa shape index (κ1) is 14.2. The lowest BCUT2D eigenvalue weighted by Gasteiger charge is -2.23. The molecule has 1 aromatic carbocycles. The average molecular weight is 233 g/mol. The maximum Gasteiger partial charge on any atom is -0.00773 e. The second kappa shape index (κ2) is 6.80. The fourth-order valence-electron chi connectivity index (χ4n) is 2.52. The molecule has 0 radical (unpaired) electrons. The predicted octanol–water partition coefficient (Wildman–Crippen LogP) is 4.17. The number of rotatable bonds is 6. The number of unbranched alkanes of at least 4 members (excludes halogenated alkanes) is 1. The summed E-state index contributed by atoms with van der Waals surface area (Å²) in [6.45, 7) is 9.88. The minimum Gasteiger partial charge on any atom is -0.330 e. The molecule has 0 bridgehead atoms. The molecule has 0 fully saturated rings. The van der Waals surface area contributed by atoms with Gasteiger partial charge in [-0.25, -0.2) is 0 Å². The summed E-state index contributed by atoms with van der Waals surface area (Å²) in [4.78, 5) is 0. The van der Waals surface area contributed by atoms with Crippen LogP contribution in [-0.4, -0.2) is 6.54 Å². The molecule has 1 aromatic rings. The van der Waals surface area contributed by atoms with Gasteiger partial charge in [0.1, 0.15) is 0 Å². The molecule has 17 heavy (non-hydrogen) atoms. The molecule has 0 saturated heterocycles. The summed E-state index contributed by atoms with van der Waals surface area (Å²) >= 11 is 0. The van der Waals surface area contributed by atoms with Gasteiger partial charge in [-0.15, -0.1) is 0 Å². The lowest BCUT2D eigenvalue weighted by molar-refractivity contribution is 0.448. The second-order valence-electron chi connectivity index (χ2n) is 5.50. The van der Waals surface area contributed by atoms with Gasteiger partial charge in [0.2, 0.25) is 0 Å². The Kier molecular flexibility index (Phi) is 5.70. The Morgan fingerprint density at radius 3 is 2.41 bits per heavy atom. The highest BCUT2D eigenvalue weighted by molar-refractivity contribution is 5.33. The number of hydrogen-bond donors (Lipinski definition) is 1. The lowest BCUT2D eigenvalue weighted by atomic mass is 9.82. The van der Waals surface area contributed by atoms with Gasteiger partial charge < -0.3 is 5.73 Å². The maximum absolute atomic E-state index is 5.58. The van der Waals surface area contributed by atoms with Crippen molar-refractivity contribution in [2.24, 2.45) is 11.7 Å². The van der Waals surface area contributed by atoms with Crippen molar-refractivity contribution in [2.45, 2.75) is 52.9 Å². The van der Waals surface area contributed by atoms with Crippen LogP contribution < -0.4 is 5.73 Å². The van der Waals surface area contributed by atoms with E-state index in [-0.39, 0.29) is 0 Å². The van der Waals surface area contributed by atoms with Gasteiger partial charge in [0.05, 0.1) is 0 Å². The van der Waals surface area contributed by atoms with Gasteiger partial charge in [0, 0.05) is 0 Å². The second-order valence-corrected chi connectivity index (χ2v) is 5.50. The zero-order valence-corrected chi connectivity index (χ0v) is 11.8. The summed E-state index contributed by atoms with van der Waals surface area (Å²) in [5.41, 5.74) is 9.93. The van der Waals surface area contributed by atoms with Crippen molar-refractivity contribution in [1.29, 1.82) is 0 Å². The smallest absolute Gasteiger partial charge is 0.00773 e. The summed E-state index contributed by atoms with van der Waals surface area (Å²) in [5.74, 6) is 1.38. The van der Waals surface area contributed by atoms with Crippen molar-refractivity contribution in [3.63, 3.8) is 0 Å². The SMILES string of the molecule is Cc1ccc(C)c(C(CCCCN)C(C)C)c1. The van der Waals surface area contributed by atoms with Crippen LogP contribution in [0.4, 0.5) is 0 Å². The van der Waals surface area contributed by atoms with E-state index in [0.29, 0.717) is 11.8 Å². The summed E-state index contributed by atoms with van der Waals surface area (Å²) in [7, 11) is 0. The van der Waals surface area contributed by atoms with Crippen LogP contribution in [-0.2, 0) is 0 Å².